The van der Waals surface area contributed by atoms with Crippen LogP contribution in [-0.4, -0.2) is 51.6 Å². The fraction of sp³-hybridized carbons (Fsp3) is 0.296. The van der Waals surface area contributed by atoms with Crippen molar-refractivity contribution in [3.8, 4) is 5.69 Å². The summed E-state index contributed by atoms with van der Waals surface area (Å²) < 4.78 is 18.8. The zero-order valence-corrected chi connectivity index (χ0v) is 19.6. The number of carbonyl (C=O) groups is 1. The zero-order valence-electron chi connectivity index (χ0n) is 19.6. The van der Waals surface area contributed by atoms with Gasteiger partial charge in [0.1, 0.15) is 11.4 Å². The number of fused-ring (bicyclic) bond motifs is 2. The molecule has 9 heteroatoms. The molecule has 0 bridgehead atoms. The van der Waals surface area contributed by atoms with Gasteiger partial charge in [0, 0.05) is 43.6 Å². The Morgan fingerprint density at radius 1 is 1.17 bits per heavy atom. The number of hydrogen-bond donors (Lipinski definition) is 2. The lowest BCUT2D eigenvalue weighted by molar-refractivity contribution is 0.0695. The van der Waals surface area contributed by atoms with E-state index in [9.17, 15) is 14.7 Å². The smallest absolute Gasteiger partial charge is 0.341 e. The van der Waals surface area contributed by atoms with E-state index in [0.717, 1.165) is 43.9 Å². The average molecular weight is 488 g/mol. The maximum absolute atomic E-state index is 15.3. The molecule has 2 saturated heterocycles. The van der Waals surface area contributed by atoms with Gasteiger partial charge in [-0.25, -0.2) is 13.9 Å². The standard InChI is InChI=1S/C27H26FN5O3/c28-23-10-21-24(11-25(23)32-14-18-6-8-29-12-19(18)15-32)31(16-22(26(21)34)27(35)36)13-17-2-4-20(5-3-17)33-9-1-7-30-33/h1-5,7,9-11,16,18-19,29H,6,8,12-15H2,(H,35,36)/t18-,19+/m1/s1. The molecular formula is C27H26FN5O3. The van der Waals surface area contributed by atoms with Crippen LogP contribution in [-0.2, 0) is 6.54 Å². The molecule has 2 aliphatic heterocycles. The van der Waals surface area contributed by atoms with E-state index in [2.05, 4.69) is 15.3 Å². The van der Waals surface area contributed by atoms with Crippen molar-refractivity contribution >= 4 is 22.6 Å². The maximum Gasteiger partial charge on any atom is 0.341 e. The number of aromatic carboxylic acids is 1. The molecule has 2 atom stereocenters. The van der Waals surface area contributed by atoms with Gasteiger partial charge in [-0.3, -0.25) is 4.79 Å². The first-order valence-electron chi connectivity index (χ1n) is 12.1. The van der Waals surface area contributed by atoms with E-state index in [-0.39, 0.29) is 10.9 Å². The molecule has 0 aliphatic carbocycles. The Kier molecular flexibility index (Phi) is 5.56. The molecule has 184 valence electrons. The normalized spacial score (nSPS) is 19.5. The highest BCUT2D eigenvalue weighted by atomic mass is 19.1. The minimum absolute atomic E-state index is 0.0718. The maximum atomic E-state index is 15.3. The number of pyridine rings is 1. The lowest BCUT2D eigenvalue weighted by atomic mass is 9.90. The van der Waals surface area contributed by atoms with Gasteiger partial charge in [0.25, 0.3) is 0 Å². The van der Waals surface area contributed by atoms with Crippen molar-refractivity contribution in [1.82, 2.24) is 19.7 Å². The quantitative estimate of drug-likeness (QED) is 0.450. The summed E-state index contributed by atoms with van der Waals surface area (Å²) in [6.45, 7) is 3.77. The number of nitrogens with one attached hydrogen (secondary N) is 1. The van der Waals surface area contributed by atoms with Crippen molar-refractivity contribution in [1.29, 1.82) is 0 Å². The predicted octanol–water partition coefficient (Wildman–Crippen LogP) is 3.12. The number of rotatable bonds is 5. The largest absolute Gasteiger partial charge is 0.477 e. The van der Waals surface area contributed by atoms with Crippen molar-refractivity contribution in [2.45, 2.75) is 13.0 Å². The number of aromatic nitrogens is 3. The van der Waals surface area contributed by atoms with Crippen LogP contribution in [0.2, 0.25) is 0 Å². The van der Waals surface area contributed by atoms with Crippen molar-refractivity contribution in [2.24, 2.45) is 11.8 Å². The number of carboxylic acid groups (broad SMARTS) is 1. The van der Waals surface area contributed by atoms with Crippen LogP contribution in [0.25, 0.3) is 16.6 Å². The SMILES string of the molecule is O=C(O)c1cn(Cc2ccc(-n3cccn3)cc2)c2cc(N3C[C@H]4CCNC[C@H]4C3)c(F)cc2c1=O. The van der Waals surface area contributed by atoms with Crippen LogP contribution in [0.1, 0.15) is 22.3 Å². The number of hydrogen-bond acceptors (Lipinski definition) is 5. The molecule has 36 heavy (non-hydrogen) atoms. The lowest BCUT2D eigenvalue weighted by Crippen LogP contribution is -2.35. The molecule has 0 saturated carbocycles. The summed E-state index contributed by atoms with van der Waals surface area (Å²) in [4.78, 5) is 26.8. The topological polar surface area (TPSA) is 92.4 Å². The Bertz CT molecular complexity index is 1480. The molecule has 4 heterocycles. The van der Waals surface area contributed by atoms with Crippen molar-refractivity contribution in [3.63, 3.8) is 0 Å². The first-order valence-corrected chi connectivity index (χ1v) is 12.1. The first-order chi connectivity index (χ1) is 17.5. The van der Waals surface area contributed by atoms with E-state index in [1.165, 1.54) is 12.3 Å². The lowest BCUT2D eigenvalue weighted by Gasteiger charge is -2.23. The van der Waals surface area contributed by atoms with Gasteiger partial charge in [0.15, 0.2) is 0 Å². The van der Waals surface area contributed by atoms with E-state index in [1.807, 2.05) is 36.5 Å². The van der Waals surface area contributed by atoms with Crippen LogP contribution in [0.15, 0.2) is 65.8 Å². The van der Waals surface area contributed by atoms with Gasteiger partial charge in [-0.1, -0.05) is 12.1 Å². The Morgan fingerprint density at radius 2 is 1.97 bits per heavy atom. The molecule has 2 aromatic carbocycles. The predicted molar refractivity (Wildman–Crippen MR) is 134 cm³/mol. The number of anilines is 1. The van der Waals surface area contributed by atoms with Gasteiger partial charge in [-0.15, -0.1) is 0 Å². The van der Waals surface area contributed by atoms with Crippen LogP contribution in [0, 0.1) is 17.7 Å². The van der Waals surface area contributed by atoms with E-state index >= 15 is 4.39 Å². The number of halogens is 1. The second-order valence-electron chi connectivity index (χ2n) is 9.66. The second kappa shape index (κ2) is 8.91. The van der Waals surface area contributed by atoms with Crippen LogP contribution in [0.5, 0.6) is 0 Å². The number of benzene rings is 2. The number of carboxylic acids is 1. The molecule has 2 N–H and O–H groups in total. The average Bonchev–Trinajstić information content (AvgIpc) is 3.56. The third-order valence-corrected chi connectivity index (χ3v) is 7.45. The Hall–Kier alpha value is -3.98. The number of piperidine rings is 1. The van der Waals surface area contributed by atoms with Crippen LogP contribution >= 0.6 is 0 Å². The molecule has 0 unspecified atom stereocenters. The molecule has 2 aliphatic rings. The highest BCUT2D eigenvalue weighted by Gasteiger charge is 2.35. The molecule has 0 amide bonds. The molecule has 0 spiro atoms. The van der Waals surface area contributed by atoms with Crippen LogP contribution < -0.4 is 15.6 Å². The summed E-state index contributed by atoms with van der Waals surface area (Å²) in [6, 6.07) is 12.5. The van der Waals surface area contributed by atoms with Crippen LogP contribution in [0.4, 0.5) is 10.1 Å². The monoisotopic (exact) mass is 487 g/mol. The van der Waals surface area contributed by atoms with E-state index < -0.39 is 17.2 Å². The molecule has 2 fully saturated rings. The molecule has 0 radical (unpaired) electrons. The zero-order chi connectivity index (χ0) is 24.8. The van der Waals surface area contributed by atoms with Crippen molar-refractivity contribution in [2.75, 3.05) is 31.1 Å². The van der Waals surface area contributed by atoms with Crippen LogP contribution in [0.3, 0.4) is 0 Å². The summed E-state index contributed by atoms with van der Waals surface area (Å²) >= 11 is 0. The molecule has 4 aromatic rings. The van der Waals surface area contributed by atoms with Crippen molar-refractivity contribution < 1.29 is 14.3 Å². The van der Waals surface area contributed by atoms with E-state index in [1.54, 1.807) is 21.5 Å². The summed E-state index contributed by atoms with van der Waals surface area (Å²) in [5.74, 6) is -0.834. The van der Waals surface area contributed by atoms with Gasteiger partial charge >= 0.3 is 5.97 Å². The van der Waals surface area contributed by atoms with Gasteiger partial charge in [-0.05, 0) is 67.2 Å². The first kappa shape index (κ1) is 22.5. The molecule has 8 nitrogen and oxygen atoms in total. The highest BCUT2D eigenvalue weighted by Crippen LogP contribution is 2.34. The molecule has 6 rings (SSSR count). The van der Waals surface area contributed by atoms with Gasteiger partial charge < -0.3 is 19.9 Å². The second-order valence-corrected chi connectivity index (χ2v) is 9.66. The van der Waals surface area contributed by atoms with Gasteiger partial charge in [0.05, 0.1) is 16.9 Å². The fourth-order valence-electron chi connectivity index (χ4n) is 5.57. The third-order valence-electron chi connectivity index (χ3n) is 7.45. The highest BCUT2D eigenvalue weighted by molar-refractivity contribution is 5.93. The van der Waals surface area contributed by atoms with Gasteiger partial charge in [0.2, 0.25) is 5.43 Å². The van der Waals surface area contributed by atoms with Gasteiger partial charge in [-0.2, -0.15) is 5.10 Å². The minimum Gasteiger partial charge on any atom is -0.477 e. The van der Waals surface area contributed by atoms with Crippen molar-refractivity contribution in [3.05, 3.63) is 88.2 Å². The Morgan fingerprint density at radius 3 is 2.69 bits per heavy atom. The van der Waals surface area contributed by atoms with E-state index in [0.29, 0.717) is 29.6 Å². The molecular weight excluding hydrogens is 461 g/mol. The third kappa shape index (κ3) is 3.95. The summed E-state index contributed by atoms with van der Waals surface area (Å²) in [6.07, 6.45) is 5.99. The van der Waals surface area contributed by atoms with E-state index in [4.69, 9.17) is 0 Å². The Labute approximate surface area is 206 Å². The fourth-order valence-corrected chi connectivity index (χ4v) is 5.57. The summed E-state index contributed by atoms with van der Waals surface area (Å²) in [5, 5.41) is 17.4. The number of nitrogens with zero attached hydrogens (tertiary/aromatic N) is 4. The Balaban J connectivity index is 1.41. The summed E-state index contributed by atoms with van der Waals surface area (Å²) in [7, 11) is 0. The summed E-state index contributed by atoms with van der Waals surface area (Å²) in [5.41, 5.74) is 1.74. The minimum atomic E-state index is -1.33. The molecule has 2 aromatic heterocycles.